The van der Waals surface area contributed by atoms with Gasteiger partial charge in [-0.15, -0.1) is 13.2 Å². The summed E-state index contributed by atoms with van der Waals surface area (Å²) in [5.41, 5.74) is -0.837. The summed E-state index contributed by atoms with van der Waals surface area (Å²) in [6.45, 7) is 7.02. The largest absolute Gasteiger partial charge is 0.385 e. The lowest BCUT2D eigenvalue weighted by Gasteiger charge is -2.22. The van der Waals surface area contributed by atoms with E-state index in [0.717, 1.165) is 0 Å². The molecule has 0 radical (unpaired) electrons. The second kappa shape index (κ2) is 2.84. The van der Waals surface area contributed by atoms with E-state index in [9.17, 15) is 9.90 Å². The number of ketones is 1. The van der Waals surface area contributed by atoms with Gasteiger partial charge in [-0.1, -0.05) is 12.2 Å². The molecule has 0 aromatic rings. The molecule has 1 aliphatic rings. The van der Waals surface area contributed by atoms with E-state index in [1.165, 1.54) is 12.2 Å². The van der Waals surface area contributed by atoms with Crippen LogP contribution in [0.1, 0.15) is 6.42 Å². The first kappa shape index (κ1) is 9.16. The molecule has 0 bridgehead atoms. The number of carbonyl (C=O) groups excluding carboxylic acids is 1. The maximum absolute atomic E-state index is 11.0. The van der Waals surface area contributed by atoms with Crippen LogP contribution < -0.4 is 0 Å². The molecule has 2 unspecified atom stereocenters. The van der Waals surface area contributed by atoms with E-state index in [1.54, 1.807) is 0 Å². The quantitative estimate of drug-likeness (QED) is 0.572. The summed E-state index contributed by atoms with van der Waals surface area (Å²) >= 11 is 0. The first-order valence-electron chi connectivity index (χ1n) is 3.74. The lowest BCUT2D eigenvalue weighted by atomic mass is 9.84. The van der Waals surface area contributed by atoms with Crippen molar-refractivity contribution in [1.82, 2.24) is 0 Å². The molecule has 0 aromatic heterocycles. The first-order chi connectivity index (χ1) is 5.57. The molecule has 2 N–H and O–H groups in total. The monoisotopic (exact) mass is 168 g/mol. The average Bonchev–Trinajstić information content (AvgIpc) is 2.30. The van der Waals surface area contributed by atoms with Crippen molar-refractivity contribution in [1.29, 1.82) is 0 Å². The number of Topliss-reactive ketones (excluding diaryl/α,β-unsaturated/α-hetero) is 1. The van der Waals surface area contributed by atoms with Crippen LogP contribution in [0.5, 0.6) is 0 Å². The maximum atomic E-state index is 11.0. The van der Waals surface area contributed by atoms with Gasteiger partial charge in [0.1, 0.15) is 12.2 Å². The maximum Gasteiger partial charge on any atom is 0.190 e. The highest BCUT2D eigenvalue weighted by molar-refractivity contribution is 5.91. The molecule has 3 nitrogen and oxygen atoms in total. The van der Waals surface area contributed by atoms with Crippen molar-refractivity contribution >= 4 is 5.78 Å². The Balaban J connectivity index is 3.02. The van der Waals surface area contributed by atoms with Crippen molar-refractivity contribution in [3.05, 3.63) is 25.3 Å². The third-order valence-electron chi connectivity index (χ3n) is 2.41. The lowest BCUT2D eigenvalue weighted by molar-refractivity contribution is -0.131. The Morgan fingerprint density at radius 2 is 1.92 bits per heavy atom. The zero-order chi connectivity index (χ0) is 9.35. The molecule has 1 fully saturated rings. The number of aliphatic hydroxyl groups excluding tert-OH is 2. The van der Waals surface area contributed by atoms with Crippen LogP contribution in [0.25, 0.3) is 0 Å². The minimum absolute atomic E-state index is 0.181. The number of carbonyl (C=O) groups is 1. The van der Waals surface area contributed by atoms with Crippen LogP contribution in [-0.4, -0.2) is 28.2 Å². The molecule has 0 aromatic carbocycles. The molecule has 2 atom stereocenters. The van der Waals surface area contributed by atoms with Crippen LogP contribution >= 0.6 is 0 Å². The van der Waals surface area contributed by atoms with Gasteiger partial charge in [-0.25, -0.2) is 0 Å². The second-order valence-corrected chi connectivity index (χ2v) is 3.05. The molecule has 1 aliphatic carbocycles. The van der Waals surface area contributed by atoms with Crippen LogP contribution in [0, 0.1) is 5.41 Å². The number of aliphatic hydroxyl groups is 2. The summed E-state index contributed by atoms with van der Waals surface area (Å²) in [4.78, 5) is 11.0. The molecule has 0 amide bonds. The van der Waals surface area contributed by atoms with Crippen molar-refractivity contribution in [2.24, 2.45) is 5.41 Å². The highest BCUT2D eigenvalue weighted by Crippen LogP contribution is 2.38. The van der Waals surface area contributed by atoms with Crippen molar-refractivity contribution < 1.29 is 15.0 Å². The van der Waals surface area contributed by atoms with Gasteiger partial charge in [0.15, 0.2) is 5.78 Å². The number of rotatable bonds is 2. The summed E-state index contributed by atoms with van der Waals surface area (Å²) in [7, 11) is 0. The second-order valence-electron chi connectivity index (χ2n) is 3.05. The average molecular weight is 168 g/mol. The molecular weight excluding hydrogens is 156 g/mol. The van der Waals surface area contributed by atoms with Gasteiger partial charge in [0.05, 0.1) is 0 Å². The SMILES string of the molecule is C=CC1(C=C)CC(O)C(=O)C1O. The van der Waals surface area contributed by atoms with Crippen molar-refractivity contribution in [3.8, 4) is 0 Å². The van der Waals surface area contributed by atoms with Gasteiger partial charge in [-0.2, -0.15) is 0 Å². The van der Waals surface area contributed by atoms with Crippen LogP contribution in [0.3, 0.4) is 0 Å². The van der Waals surface area contributed by atoms with E-state index in [2.05, 4.69) is 13.2 Å². The van der Waals surface area contributed by atoms with Crippen LogP contribution in [0.15, 0.2) is 25.3 Å². The summed E-state index contributed by atoms with van der Waals surface area (Å²) in [6, 6.07) is 0. The zero-order valence-corrected chi connectivity index (χ0v) is 6.73. The van der Waals surface area contributed by atoms with E-state index in [0.29, 0.717) is 0 Å². The fourth-order valence-electron chi connectivity index (χ4n) is 1.47. The Morgan fingerprint density at radius 3 is 2.08 bits per heavy atom. The molecule has 1 saturated carbocycles. The number of hydrogen-bond donors (Lipinski definition) is 2. The minimum Gasteiger partial charge on any atom is -0.385 e. The predicted octanol–water partition coefficient (Wildman–Crippen LogP) is 0.0394. The highest BCUT2D eigenvalue weighted by Gasteiger charge is 2.48. The topological polar surface area (TPSA) is 57.5 Å². The zero-order valence-electron chi connectivity index (χ0n) is 6.73. The van der Waals surface area contributed by atoms with Gasteiger partial charge in [0.25, 0.3) is 0 Å². The third kappa shape index (κ3) is 1.02. The first-order valence-corrected chi connectivity index (χ1v) is 3.74. The smallest absolute Gasteiger partial charge is 0.190 e. The van der Waals surface area contributed by atoms with Gasteiger partial charge >= 0.3 is 0 Å². The molecule has 0 heterocycles. The highest BCUT2D eigenvalue weighted by atomic mass is 16.3. The standard InChI is InChI=1S/C9H12O3/c1-3-9(4-2)5-6(10)7(11)8(9)12/h3-4,6,8,10,12H,1-2,5H2. The molecule has 3 heteroatoms. The van der Waals surface area contributed by atoms with E-state index in [4.69, 9.17) is 5.11 Å². The van der Waals surface area contributed by atoms with Gasteiger partial charge in [0.2, 0.25) is 0 Å². The molecular formula is C9H12O3. The minimum atomic E-state index is -1.19. The normalized spacial score (nSPS) is 33.3. The summed E-state index contributed by atoms with van der Waals surface area (Å²) in [5, 5.41) is 18.6. The Kier molecular flexibility index (Phi) is 2.17. The van der Waals surface area contributed by atoms with Crippen molar-refractivity contribution in [2.75, 3.05) is 0 Å². The number of hydrogen-bond acceptors (Lipinski definition) is 3. The van der Waals surface area contributed by atoms with Gasteiger partial charge < -0.3 is 10.2 Å². The van der Waals surface area contributed by atoms with Crippen LogP contribution in [0.4, 0.5) is 0 Å². The molecule has 0 saturated heterocycles. The van der Waals surface area contributed by atoms with Crippen molar-refractivity contribution in [2.45, 2.75) is 18.6 Å². The van der Waals surface area contributed by atoms with Crippen molar-refractivity contribution in [3.63, 3.8) is 0 Å². The fraction of sp³-hybridized carbons (Fsp3) is 0.444. The third-order valence-corrected chi connectivity index (χ3v) is 2.41. The van der Waals surface area contributed by atoms with Crippen LogP contribution in [-0.2, 0) is 4.79 Å². The van der Waals surface area contributed by atoms with E-state index in [-0.39, 0.29) is 6.42 Å². The van der Waals surface area contributed by atoms with E-state index < -0.39 is 23.4 Å². The Bertz CT molecular complexity index is 224. The van der Waals surface area contributed by atoms with Crippen LogP contribution in [0.2, 0.25) is 0 Å². The van der Waals surface area contributed by atoms with E-state index >= 15 is 0 Å². The predicted molar refractivity (Wildman–Crippen MR) is 44.5 cm³/mol. The molecule has 0 aliphatic heterocycles. The van der Waals surface area contributed by atoms with Gasteiger partial charge in [-0.3, -0.25) is 4.79 Å². The van der Waals surface area contributed by atoms with E-state index in [1.807, 2.05) is 0 Å². The van der Waals surface area contributed by atoms with Gasteiger partial charge in [-0.05, 0) is 6.42 Å². The molecule has 1 rings (SSSR count). The molecule has 66 valence electrons. The summed E-state index contributed by atoms with van der Waals surface area (Å²) < 4.78 is 0. The Morgan fingerprint density at radius 1 is 1.42 bits per heavy atom. The fourth-order valence-corrected chi connectivity index (χ4v) is 1.47. The molecule has 12 heavy (non-hydrogen) atoms. The molecule has 0 spiro atoms. The Hall–Kier alpha value is -0.930. The Labute approximate surface area is 71.0 Å². The summed E-state index contributed by atoms with van der Waals surface area (Å²) in [5.74, 6) is -0.546. The summed E-state index contributed by atoms with van der Waals surface area (Å²) in [6.07, 6.45) is 0.816. The van der Waals surface area contributed by atoms with Gasteiger partial charge in [0, 0.05) is 5.41 Å². The lowest BCUT2D eigenvalue weighted by Crippen LogP contribution is -2.30.